The molecule has 0 radical (unpaired) electrons. The van der Waals surface area contributed by atoms with Crippen LogP contribution in [0.4, 0.5) is 4.79 Å². The zero-order valence-electron chi connectivity index (χ0n) is 11.9. The van der Waals surface area contributed by atoms with Crippen LogP contribution < -0.4 is 5.23 Å². The summed E-state index contributed by atoms with van der Waals surface area (Å²) in [6.45, 7) is 12.2. The molecule has 0 saturated heterocycles. The van der Waals surface area contributed by atoms with Crippen molar-refractivity contribution >= 4 is 13.7 Å². The third-order valence-electron chi connectivity index (χ3n) is 2.52. The van der Waals surface area contributed by atoms with Crippen LogP contribution >= 0.6 is 0 Å². The zero-order chi connectivity index (χ0) is 13.9. The number of ether oxygens (including phenoxy) is 1. The summed E-state index contributed by atoms with van der Waals surface area (Å²) in [5.74, 6) is 0. The fourth-order valence-corrected chi connectivity index (χ4v) is 0.766. The van der Waals surface area contributed by atoms with E-state index in [1.54, 1.807) is 48.5 Å². The molecule has 0 aliphatic heterocycles. The molecule has 0 aromatic carbocycles. The highest BCUT2D eigenvalue weighted by Crippen LogP contribution is 2.23. The summed E-state index contributed by atoms with van der Waals surface area (Å²) in [6, 6.07) is 0. The second kappa shape index (κ2) is 5.27. The second-order valence-electron chi connectivity index (χ2n) is 6.04. The number of carbonyl (C=O) groups is 1. The molecule has 17 heavy (non-hydrogen) atoms. The summed E-state index contributed by atoms with van der Waals surface area (Å²) in [4.78, 5) is 11.3. The molecule has 0 aliphatic carbocycles. The van der Waals surface area contributed by atoms with Crippen LogP contribution in [-0.2, 0) is 9.39 Å². The first-order chi connectivity index (χ1) is 7.35. The SMILES string of the molecule is CC(C)(C)OC(=O)NBOC(C)(C)C(C)(C)O. The minimum absolute atomic E-state index is 0.00803. The van der Waals surface area contributed by atoms with Gasteiger partial charge in [0.2, 0.25) is 0 Å². The van der Waals surface area contributed by atoms with Crippen molar-refractivity contribution in [2.75, 3.05) is 0 Å². The third-order valence-corrected chi connectivity index (χ3v) is 2.52. The van der Waals surface area contributed by atoms with Gasteiger partial charge in [0, 0.05) is 0 Å². The molecule has 0 rings (SSSR count). The van der Waals surface area contributed by atoms with Crippen molar-refractivity contribution in [1.29, 1.82) is 0 Å². The Balaban J connectivity index is 4.05. The summed E-state index contributed by atoms with van der Waals surface area (Å²) in [7, 11) is -0.00803. The van der Waals surface area contributed by atoms with E-state index < -0.39 is 22.9 Å². The van der Waals surface area contributed by atoms with Crippen molar-refractivity contribution in [2.45, 2.75) is 65.3 Å². The van der Waals surface area contributed by atoms with Gasteiger partial charge in [-0.3, -0.25) is 0 Å². The molecule has 1 amide bonds. The van der Waals surface area contributed by atoms with Gasteiger partial charge in [-0.25, -0.2) is 4.79 Å². The summed E-state index contributed by atoms with van der Waals surface area (Å²) in [6.07, 6.45) is -0.538. The van der Waals surface area contributed by atoms with Crippen LogP contribution in [0.1, 0.15) is 48.5 Å². The highest BCUT2D eigenvalue weighted by molar-refractivity contribution is 6.29. The Labute approximate surface area is 104 Å². The third kappa shape index (κ3) is 6.53. The van der Waals surface area contributed by atoms with E-state index in [2.05, 4.69) is 5.23 Å². The van der Waals surface area contributed by atoms with Crippen molar-refractivity contribution in [3.8, 4) is 0 Å². The van der Waals surface area contributed by atoms with E-state index in [1.165, 1.54) is 0 Å². The van der Waals surface area contributed by atoms with Crippen LogP contribution in [0, 0.1) is 0 Å². The van der Waals surface area contributed by atoms with E-state index >= 15 is 0 Å². The van der Waals surface area contributed by atoms with Gasteiger partial charge < -0.3 is 19.7 Å². The molecule has 0 aliphatic rings. The number of hydrogen-bond acceptors (Lipinski definition) is 4. The predicted molar refractivity (Wildman–Crippen MR) is 68.0 cm³/mol. The Hall–Kier alpha value is -0.745. The van der Waals surface area contributed by atoms with Crippen LogP contribution in [0.15, 0.2) is 0 Å². The molecule has 5 nitrogen and oxygen atoms in total. The first kappa shape index (κ1) is 16.3. The Morgan fingerprint density at radius 1 is 1.12 bits per heavy atom. The number of aliphatic hydroxyl groups is 1. The molecular weight excluding hydrogens is 221 g/mol. The first-order valence-electron chi connectivity index (χ1n) is 5.68. The smallest absolute Gasteiger partial charge is 0.399 e. The Kier molecular flexibility index (Phi) is 5.04. The highest BCUT2D eigenvalue weighted by Gasteiger charge is 2.35. The molecule has 0 atom stereocenters. The largest absolute Gasteiger partial charge is 0.445 e. The van der Waals surface area contributed by atoms with Gasteiger partial charge in [0.1, 0.15) is 5.60 Å². The maximum Gasteiger partial charge on any atom is 0.399 e. The van der Waals surface area contributed by atoms with Crippen molar-refractivity contribution in [3.05, 3.63) is 0 Å². The van der Waals surface area contributed by atoms with Gasteiger partial charge >= 0.3 is 13.7 Å². The fourth-order valence-electron chi connectivity index (χ4n) is 0.766. The lowest BCUT2D eigenvalue weighted by Crippen LogP contribution is -2.50. The van der Waals surface area contributed by atoms with Gasteiger partial charge in [-0.1, -0.05) is 0 Å². The molecule has 0 aromatic heterocycles. The molecule has 0 saturated carbocycles. The lowest BCUT2D eigenvalue weighted by atomic mass is 9.88. The molecule has 0 unspecified atom stereocenters. The lowest BCUT2D eigenvalue weighted by Gasteiger charge is -2.37. The number of carbonyl (C=O) groups excluding carboxylic acids is 1. The Morgan fingerprint density at radius 3 is 1.94 bits per heavy atom. The predicted octanol–water partition coefficient (Wildman–Crippen LogP) is 1.34. The van der Waals surface area contributed by atoms with E-state index in [9.17, 15) is 9.90 Å². The molecule has 0 spiro atoms. The molecule has 0 heterocycles. The van der Waals surface area contributed by atoms with Crippen LogP contribution in [0.5, 0.6) is 0 Å². The van der Waals surface area contributed by atoms with Gasteiger partial charge in [-0.05, 0) is 48.5 Å². The normalized spacial score (nSPS) is 13.2. The van der Waals surface area contributed by atoms with Crippen molar-refractivity contribution in [2.24, 2.45) is 0 Å². The van der Waals surface area contributed by atoms with Crippen LogP contribution in [0.3, 0.4) is 0 Å². The van der Waals surface area contributed by atoms with Crippen molar-refractivity contribution in [3.63, 3.8) is 0 Å². The average molecular weight is 245 g/mol. The van der Waals surface area contributed by atoms with Crippen molar-refractivity contribution < 1.29 is 19.3 Å². The highest BCUT2D eigenvalue weighted by atomic mass is 16.6. The van der Waals surface area contributed by atoms with Crippen molar-refractivity contribution in [1.82, 2.24) is 5.23 Å². The quantitative estimate of drug-likeness (QED) is 0.733. The second-order valence-corrected chi connectivity index (χ2v) is 6.04. The summed E-state index contributed by atoms with van der Waals surface area (Å²) in [5, 5.41) is 12.3. The zero-order valence-corrected chi connectivity index (χ0v) is 11.9. The fraction of sp³-hybridized carbons (Fsp3) is 0.909. The maximum atomic E-state index is 11.3. The lowest BCUT2D eigenvalue weighted by molar-refractivity contribution is -0.0912. The average Bonchev–Trinajstić information content (AvgIpc) is 1.97. The molecule has 6 heteroatoms. The minimum Gasteiger partial charge on any atom is -0.445 e. The Bertz CT molecular complexity index is 266. The van der Waals surface area contributed by atoms with Crippen LogP contribution in [0.25, 0.3) is 0 Å². The number of nitrogens with one attached hydrogen (secondary N) is 1. The molecule has 0 fully saturated rings. The minimum atomic E-state index is -0.997. The summed E-state index contributed by atoms with van der Waals surface area (Å²) in [5.41, 5.74) is -2.29. The topological polar surface area (TPSA) is 67.8 Å². The Morgan fingerprint density at radius 2 is 1.59 bits per heavy atom. The summed E-state index contributed by atoms with van der Waals surface area (Å²) >= 11 is 0. The molecule has 2 N–H and O–H groups in total. The van der Waals surface area contributed by atoms with Crippen LogP contribution in [0.2, 0.25) is 0 Å². The van der Waals surface area contributed by atoms with E-state index in [1.807, 2.05) is 0 Å². The summed E-state index contributed by atoms with van der Waals surface area (Å²) < 4.78 is 10.5. The number of amides is 1. The monoisotopic (exact) mass is 245 g/mol. The number of hydrogen-bond donors (Lipinski definition) is 2. The van der Waals surface area contributed by atoms with E-state index in [0.29, 0.717) is 0 Å². The van der Waals surface area contributed by atoms with E-state index in [0.717, 1.165) is 0 Å². The molecule has 0 bridgehead atoms. The maximum absolute atomic E-state index is 11.3. The standard InChI is InChI=1S/C11H24BNO4/c1-9(2,3)16-8(14)13-12-17-11(6,7)10(4,5)15/h12,15H,1-7H3,(H,13,14). The van der Waals surface area contributed by atoms with Gasteiger partial charge in [0.25, 0.3) is 0 Å². The van der Waals surface area contributed by atoms with Gasteiger partial charge in [0.05, 0.1) is 11.2 Å². The molecule has 0 aromatic rings. The molecule has 100 valence electrons. The van der Waals surface area contributed by atoms with Gasteiger partial charge in [-0.15, -0.1) is 0 Å². The first-order valence-corrected chi connectivity index (χ1v) is 5.68. The number of rotatable bonds is 4. The van der Waals surface area contributed by atoms with E-state index in [4.69, 9.17) is 9.39 Å². The molecular formula is C11H24BNO4. The van der Waals surface area contributed by atoms with E-state index in [-0.39, 0.29) is 7.62 Å². The van der Waals surface area contributed by atoms with Gasteiger partial charge in [0.15, 0.2) is 0 Å². The van der Waals surface area contributed by atoms with Gasteiger partial charge in [-0.2, -0.15) is 0 Å². The van der Waals surface area contributed by atoms with Crippen LogP contribution in [-0.4, -0.2) is 35.6 Å².